The second-order valence-corrected chi connectivity index (χ2v) is 6.27. The highest BCUT2D eigenvalue weighted by Crippen LogP contribution is 2.30. The van der Waals surface area contributed by atoms with Gasteiger partial charge in [-0.15, -0.1) is 0 Å². The third-order valence-electron chi connectivity index (χ3n) is 4.96. The molecule has 2 rings (SSSR count). The Hall–Kier alpha value is -0.0800. The molecular weight excluding hydrogens is 208 g/mol. The van der Waals surface area contributed by atoms with Crippen molar-refractivity contribution in [3.63, 3.8) is 0 Å². The monoisotopic (exact) mass is 238 g/mol. The fraction of sp³-hybridized carbons (Fsp3) is 1.00. The molecule has 17 heavy (non-hydrogen) atoms. The van der Waals surface area contributed by atoms with Crippen molar-refractivity contribution in [2.24, 2.45) is 17.6 Å². The molecule has 2 fully saturated rings. The third kappa shape index (κ3) is 3.69. The summed E-state index contributed by atoms with van der Waals surface area (Å²) < 4.78 is 0. The van der Waals surface area contributed by atoms with Gasteiger partial charge in [-0.3, -0.25) is 4.90 Å². The fourth-order valence-electron chi connectivity index (χ4n) is 3.78. The first-order chi connectivity index (χ1) is 8.31. The summed E-state index contributed by atoms with van der Waals surface area (Å²) in [5.74, 6) is 1.81. The van der Waals surface area contributed by atoms with Crippen LogP contribution in [0.15, 0.2) is 0 Å². The van der Waals surface area contributed by atoms with Crippen LogP contribution in [0.4, 0.5) is 0 Å². The minimum Gasteiger partial charge on any atom is -0.329 e. The van der Waals surface area contributed by atoms with Crippen LogP contribution in [-0.4, -0.2) is 30.6 Å². The first-order valence-corrected chi connectivity index (χ1v) is 7.75. The van der Waals surface area contributed by atoms with Gasteiger partial charge in [-0.1, -0.05) is 26.2 Å². The zero-order chi connectivity index (χ0) is 12.1. The van der Waals surface area contributed by atoms with Gasteiger partial charge in [0.1, 0.15) is 0 Å². The van der Waals surface area contributed by atoms with E-state index < -0.39 is 0 Å². The molecule has 0 aromatic rings. The maximum atomic E-state index is 6.08. The van der Waals surface area contributed by atoms with Gasteiger partial charge in [0.05, 0.1) is 0 Å². The molecule has 2 unspecified atom stereocenters. The van der Waals surface area contributed by atoms with Crippen LogP contribution in [0.5, 0.6) is 0 Å². The van der Waals surface area contributed by atoms with Crippen molar-refractivity contribution < 1.29 is 0 Å². The van der Waals surface area contributed by atoms with E-state index in [4.69, 9.17) is 5.73 Å². The molecule has 0 radical (unpaired) electrons. The first-order valence-electron chi connectivity index (χ1n) is 7.75. The smallest absolute Gasteiger partial charge is 0.0246 e. The van der Waals surface area contributed by atoms with Gasteiger partial charge in [-0.05, 0) is 57.0 Å². The molecule has 100 valence electrons. The second kappa shape index (κ2) is 6.75. The molecule has 2 N–H and O–H groups in total. The molecule has 2 atom stereocenters. The normalized spacial score (nSPS) is 31.1. The standard InChI is InChI=1S/C15H30N2/c1-13-6-5-10-17(11-9-13)15(12-16)14-7-3-2-4-8-14/h13-15H,2-12,16H2,1H3. The summed E-state index contributed by atoms with van der Waals surface area (Å²) in [5, 5.41) is 0. The molecule has 1 heterocycles. The molecule has 1 saturated heterocycles. The molecule has 2 heteroatoms. The fourth-order valence-corrected chi connectivity index (χ4v) is 3.78. The highest BCUT2D eigenvalue weighted by Gasteiger charge is 2.28. The Balaban J connectivity index is 1.91. The van der Waals surface area contributed by atoms with E-state index in [9.17, 15) is 0 Å². The Bertz CT molecular complexity index is 211. The Labute approximate surface area is 107 Å². The summed E-state index contributed by atoms with van der Waals surface area (Å²) in [5.41, 5.74) is 6.08. The number of likely N-dealkylation sites (tertiary alicyclic amines) is 1. The van der Waals surface area contributed by atoms with Gasteiger partial charge in [0, 0.05) is 12.6 Å². The van der Waals surface area contributed by atoms with Crippen LogP contribution in [0.25, 0.3) is 0 Å². The lowest BCUT2D eigenvalue weighted by atomic mass is 9.83. The summed E-state index contributed by atoms with van der Waals surface area (Å²) in [6.07, 6.45) is 11.3. The Kier molecular flexibility index (Phi) is 5.30. The minimum atomic E-state index is 0.681. The maximum Gasteiger partial charge on any atom is 0.0246 e. The van der Waals surface area contributed by atoms with E-state index >= 15 is 0 Å². The van der Waals surface area contributed by atoms with Gasteiger partial charge in [0.15, 0.2) is 0 Å². The summed E-state index contributed by atoms with van der Waals surface area (Å²) in [6, 6.07) is 0.681. The third-order valence-corrected chi connectivity index (χ3v) is 4.96. The molecule has 0 aromatic carbocycles. The predicted molar refractivity (Wildman–Crippen MR) is 74.0 cm³/mol. The highest BCUT2D eigenvalue weighted by molar-refractivity contribution is 4.84. The average Bonchev–Trinajstić information content (AvgIpc) is 2.57. The van der Waals surface area contributed by atoms with Crippen molar-refractivity contribution in [2.45, 2.75) is 64.3 Å². The highest BCUT2D eigenvalue weighted by atomic mass is 15.2. The summed E-state index contributed by atoms with van der Waals surface area (Å²) in [7, 11) is 0. The van der Waals surface area contributed by atoms with E-state index in [-0.39, 0.29) is 0 Å². The van der Waals surface area contributed by atoms with Crippen LogP contribution < -0.4 is 5.73 Å². The van der Waals surface area contributed by atoms with Gasteiger partial charge < -0.3 is 5.73 Å². The van der Waals surface area contributed by atoms with Crippen LogP contribution in [-0.2, 0) is 0 Å². The van der Waals surface area contributed by atoms with E-state index in [1.165, 1.54) is 64.5 Å². The van der Waals surface area contributed by atoms with Crippen molar-refractivity contribution in [3.05, 3.63) is 0 Å². The van der Waals surface area contributed by atoms with Crippen molar-refractivity contribution in [1.82, 2.24) is 4.90 Å². The van der Waals surface area contributed by atoms with Crippen molar-refractivity contribution in [3.8, 4) is 0 Å². The van der Waals surface area contributed by atoms with E-state index in [1.54, 1.807) is 0 Å². The Morgan fingerprint density at radius 3 is 2.47 bits per heavy atom. The van der Waals surface area contributed by atoms with Crippen LogP contribution in [0.3, 0.4) is 0 Å². The molecule has 0 amide bonds. The van der Waals surface area contributed by atoms with E-state index in [1.807, 2.05) is 0 Å². The van der Waals surface area contributed by atoms with Crippen LogP contribution in [0.2, 0.25) is 0 Å². The number of hydrogen-bond acceptors (Lipinski definition) is 2. The average molecular weight is 238 g/mol. The molecule has 2 nitrogen and oxygen atoms in total. The summed E-state index contributed by atoms with van der Waals surface area (Å²) >= 11 is 0. The summed E-state index contributed by atoms with van der Waals surface area (Å²) in [4.78, 5) is 2.72. The van der Waals surface area contributed by atoms with Crippen molar-refractivity contribution in [2.75, 3.05) is 19.6 Å². The van der Waals surface area contributed by atoms with E-state index in [0.29, 0.717) is 6.04 Å². The van der Waals surface area contributed by atoms with Crippen molar-refractivity contribution >= 4 is 0 Å². The topological polar surface area (TPSA) is 29.3 Å². The maximum absolute atomic E-state index is 6.08. The quantitative estimate of drug-likeness (QED) is 0.819. The first kappa shape index (κ1) is 13.4. The number of nitrogens with two attached hydrogens (primary N) is 1. The lowest BCUT2D eigenvalue weighted by Gasteiger charge is -2.37. The Morgan fingerprint density at radius 2 is 1.76 bits per heavy atom. The molecule has 0 bridgehead atoms. The lowest BCUT2D eigenvalue weighted by molar-refractivity contribution is 0.124. The van der Waals surface area contributed by atoms with Gasteiger partial charge in [0.2, 0.25) is 0 Å². The molecule has 0 aromatic heterocycles. The summed E-state index contributed by atoms with van der Waals surface area (Å²) in [6.45, 7) is 5.86. The zero-order valence-corrected chi connectivity index (χ0v) is 11.5. The van der Waals surface area contributed by atoms with E-state index in [0.717, 1.165) is 18.4 Å². The SMILES string of the molecule is CC1CCCN(C(CN)C2CCCCC2)CC1. The van der Waals surface area contributed by atoms with Crippen LogP contribution in [0.1, 0.15) is 58.3 Å². The molecular formula is C15H30N2. The number of rotatable bonds is 3. The number of nitrogens with zero attached hydrogens (tertiary/aromatic N) is 1. The molecule has 1 aliphatic heterocycles. The minimum absolute atomic E-state index is 0.681. The molecule has 0 spiro atoms. The number of hydrogen-bond donors (Lipinski definition) is 1. The van der Waals surface area contributed by atoms with Gasteiger partial charge in [0.25, 0.3) is 0 Å². The van der Waals surface area contributed by atoms with Crippen LogP contribution in [0, 0.1) is 11.8 Å². The van der Waals surface area contributed by atoms with Gasteiger partial charge in [-0.2, -0.15) is 0 Å². The lowest BCUT2D eigenvalue weighted by Crippen LogP contribution is -2.46. The Morgan fingerprint density at radius 1 is 1.00 bits per heavy atom. The van der Waals surface area contributed by atoms with Gasteiger partial charge in [-0.25, -0.2) is 0 Å². The molecule has 1 aliphatic carbocycles. The van der Waals surface area contributed by atoms with Crippen LogP contribution >= 0.6 is 0 Å². The predicted octanol–water partition coefficient (Wildman–Crippen LogP) is 3.02. The van der Waals surface area contributed by atoms with Crippen molar-refractivity contribution in [1.29, 1.82) is 0 Å². The largest absolute Gasteiger partial charge is 0.329 e. The van der Waals surface area contributed by atoms with E-state index in [2.05, 4.69) is 11.8 Å². The molecule has 1 saturated carbocycles. The van der Waals surface area contributed by atoms with Gasteiger partial charge >= 0.3 is 0 Å². The second-order valence-electron chi connectivity index (χ2n) is 6.27. The zero-order valence-electron chi connectivity index (χ0n) is 11.5. The molecule has 2 aliphatic rings.